The molecule has 0 unspecified atom stereocenters. The van der Waals surface area contributed by atoms with Gasteiger partial charge < -0.3 is 5.43 Å². The lowest BCUT2D eigenvalue weighted by Crippen LogP contribution is -2.39. The molecule has 4 nitrogen and oxygen atoms in total. The molecule has 32 heavy (non-hydrogen) atoms. The number of amides is 1. The summed E-state index contributed by atoms with van der Waals surface area (Å²) in [6.07, 6.45) is 1.71. The molecule has 0 aromatic heterocycles. The van der Waals surface area contributed by atoms with Crippen LogP contribution in [0.5, 0.6) is 0 Å². The Morgan fingerprint density at radius 1 is 0.625 bits per heavy atom. The molecule has 0 bridgehead atoms. The van der Waals surface area contributed by atoms with Gasteiger partial charge in [-0.1, -0.05) is 72.8 Å². The summed E-state index contributed by atoms with van der Waals surface area (Å²) in [5, 5.41) is 6.55. The lowest BCUT2D eigenvalue weighted by Gasteiger charge is -2.29. The van der Waals surface area contributed by atoms with E-state index < -0.39 is 7.26 Å². The number of benzene rings is 4. The zero-order valence-corrected chi connectivity index (χ0v) is 18.5. The van der Waals surface area contributed by atoms with E-state index in [1.807, 2.05) is 72.8 Å². The smallest absolute Gasteiger partial charge is 0.258 e. The molecule has 0 radical (unpaired) electrons. The zero-order chi connectivity index (χ0) is 22.2. The second-order valence-electron chi connectivity index (χ2n) is 7.19. The van der Waals surface area contributed by atoms with Crippen molar-refractivity contribution in [2.45, 2.75) is 0 Å². The van der Waals surface area contributed by atoms with E-state index in [9.17, 15) is 4.79 Å². The molecular formula is C27H25N3OP+. The summed E-state index contributed by atoms with van der Waals surface area (Å²) >= 11 is 0. The number of hydrazine groups is 1. The molecule has 4 rings (SSSR count). The van der Waals surface area contributed by atoms with Crippen LogP contribution in [-0.2, 0) is 0 Å². The van der Waals surface area contributed by atoms with E-state index in [1.165, 1.54) is 0 Å². The Balaban J connectivity index is 1.99. The Hall–Kier alpha value is -3.72. The minimum atomic E-state index is -2.47. The highest BCUT2D eigenvalue weighted by Crippen LogP contribution is 2.61. The number of carbonyl (C=O) groups excluding carboxylic acids is 1. The number of hydrogen-bond donors (Lipinski definition) is 3. The van der Waals surface area contributed by atoms with Gasteiger partial charge in [0.1, 0.15) is 15.9 Å². The van der Waals surface area contributed by atoms with Crippen LogP contribution in [-0.4, -0.2) is 5.91 Å². The molecule has 0 saturated heterocycles. The van der Waals surface area contributed by atoms with Gasteiger partial charge in [0.25, 0.3) is 5.91 Å². The molecule has 4 N–H and O–H groups in total. The fourth-order valence-corrected chi connectivity index (χ4v) is 8.02. The third kappa shape index (κ3) is 4.19. The fourth-order valence-electron chi connectivity index (χ4n) is 3.89. The van der Waals surface area contributed by atoms with Gasteiger partial charge in [-0.25, -0.2) is 0 Å². The third-order valence-corrected chi connectivity index (χ3v) is 9.47. The quantitative estimate of drug-likeness (QED) is 0.234. The second-order valence-corrected chi connectivity index (χ2v) is 10.6. The van der Waals surface area contributed by atoms with Crippen molar-refractivity contribution in [1.29, 1.82) is 0 Å². The van der Waals surface area contributed by atoms with E-state index >= 15 is 0 Å². The summed E-state index contributed by atoms with van der Waals surface area (Å²) in [4.78, 5) is 13.3. The molecule has 0 aliphatic heterocycles. The molecule has 5 heteroatoms. The average molecular weight is 438 g/mol. The second kappa shape index (κ2) is 10.1. The Morgan fingerprint density at radius 2 is 1.00 bits per heavy atom. The molecule has 4 aromatic rings. The van der Waals surface area contributed by atoms with Crippen molar-refractivity contribution >= 4 is 29.1 Å². The van der Waals surface area contributed by atoms with Crippen molar-refractivity contribution in [3.05, 3.63) is 139 Å². The summed E-state index contributed by atoms with van der Waals surface area (Å²) < 4.78 is 0. The van der Waals surface area contributed by atoms with Crippen molar-refractivity contribution in [1.82, 2.24) is 10.7 Å². The highest BCUT2D eigenvalue weighted by atomic mass is 31.2. The summed E-state index contributed by atoms with van der Waals surface area (Å²) in [5.74, 6) is 5.63. The van der Waals surface area contributed by atoms with Gasteiger partial charge in [0.2, 0.25) is 0 Å². The van der Waals surface area contributed by atoms with Gasteiger partial charge in [0.05, 0.1) is 6.20 Å². The van der Waals surface area contributed by atoms with Crippen LogP contribution in [0, 0.1) is 0 Å². The molecule has 4 aromatic carbocycles. The maximum atomic E-state index is 13.3. The predicted molar refractivity (Wildman–Crippen MR) is 134 cm³/mol. The number of carbonyl (C=O) groups is 1. The normalized spacial score (nSPS) is 11.6. The largest absolute Gasteiger partial charge is 0.326 e. The number of rotatable bonds is 7. The van der Waals surface area contributed by atoms with Crippen LogP contribution in [0.2, 0.25) is 0 Å². The van der Waals surface area contributed by atoms with Gasteiger partial charge in [-0.05, 0) is 48.5 Å². The van der Waals surface area contributed by atoms with Crippen LogP contribution in [0.4, 0.5) is 0 Å². The summed E-state index contributed by atoms with van der Waals surface area (Å²) in [7, 11) is -2.47. The molecule has 0 atom stereocenters. The van der Waals surface area contributed by atoms with Crippen molar-refractivity contribution < 1.29 is 4.79 Å². The van der Waals surface area contributed by atoms with Gasteiger partial charge in [-0.3, -0.25) is 16.0 Å². The molecular weight excluding hydrogens is 413 g/mol. The minimum Gasteiger partial charge on any atom is -0.326 e. The molecule has 0 aliphatic carbocycles. The molecule has 0 saturated carbocycles. The van der Waals surface area contributed by atoms with Crippen molar-refractivity contribution in [2.75, 3.05) is 0 Å². The van der Waals surface area contributed by atoms with E-state index in [-0.39, 0.29) is 5.91 Å². The van der Waals surface area contributed by atoms with Crippen LogP contribution >= 0.6 is 7.26 Å². The fraction of sp³-hybridized carbons (Fsp3) is 0. The first-order valence-corrected chi connectivity index (χ1v) is 12.1. The highest BCUT2D eigenvalue weighted by Gasteiger charge is 2.50. The Labute approximate surface area is 189 Å². The van der Waals surface area contributed by atoms with Gasteiger partial charge >= 0.3 is 0 Å². The summed E-state index contributed by atoms with van der Waals surface area (Å²) in [6.45, 7) is 0. The molecule has 0 fully saturated rings. The first kappa shape index (κ1) is 21.5. The maximum absolute atomic E-state index is 13.3. The van der Waals surface area contributed by atoms with Gasteiger partial charge in [-0.2, -0.15) is 0 Å². The SMILES string of the molecule is NN/C=C(/NC(=O)c1ccccc1)[P+](c1ccccc1)(c1ccccc1)c1ccccc1. The average Bonchev–Trinajstić information content (AvgIpc) is 2.87. The van der Waals surface area contributed by atoms with E-state index in [0.29, 0.717) is 5.56 Å². The van der Waals surface area contributed by atoms with Crippen molar-refractivity contribution in [3.8, 4) is 0 Å². The molecule has 1 amide bonds. The van der Waals surface area contributed by atoms with Crippen LogP contribution in [0.15, 0.2) is 133 Å². The standard InChI is InChI=1S/C27H24N3OP/c28-29-21-26(30-27(31)22-13-5-1-6-14-22)32(23-15-7-2-8-16-23,24-17-9-3-10-18-24)25-19-11-4-12-20-25/h1-21,29H,28H2/p+1/b26-21-. The number of hydrogen-bond acceptors (Lipinski definition) is 3. The maximum Gasteiger partial charge on any atom is 0.258 e. The topological polar surface area (TPSA) is 67.2 Å². The lowest BCUT2D eigenvalue weighted by molar-refractivity contribution is 0.0968. The summed E-state index contributed by atoms with van der Waals surface area (Å²) in [6, 6.07) is 40.1. The zero-order valence-electron chi connectivity index (χ0n) is 17.6. The first-order chi connectivity index (χ1) is 15.8. The Bertz CT molecular complexity index is 1080. The van der Waals surface area contributed by atoms with Crippen molar-refractivity contribution in [3.63, 3.8) is 0 Å². The Morgan fingerprint density at radius 3 is 1.38 bits per heavy atom. The highest BCUT2D eigenvalue weighted by molar-refractivity contribution is 7.99. The van der Waals surface area contributed by atoms with Crippen LogP contribution in [0.3, 0.4) is 0 Å². The van der Waals surface area contributed by atoms with Gasteiger partial charge in [-0.15, -0.1) is 0 Å². The van der Waals surface area contributed by atoms with E-state index in [2.05, 4.69) is 47.1 Å². The minimum absolute atomic E-state index is 0.181. The van der Waals surface area contributed by atoms with E-state index in [4.69, 9.17) is 5.84 Å². The third-order valence-electron chi connectivity index (χ3n) is 5.29. The van der Waals surface area contributed by atoms with Crippen LogP contribution in [0.1, 0.15) is 10.4 Å². The molecule has 158 valence electrons. The first-order valence-electron chi connectivity index (χ1n) is 10.4. The predicted octanol–water partition coefficient (Wildman–Crippen LogP) is 3.67. The van der Waals surface area contributed by atoms with Crippen LogP contribution in [0.25, 0.3) is 0 Å². The van der Waals surface area contributed by atoms with Gasteiger partial charge in [0, 0.05) is 5.56 Å². The number of nitrogens with two attached hydrogens (primary N) is 1. The van der Waals surface area contributed by atoms with E-state index in [1.54, 1.807) is 18.3 Å². The lowest BCUT2D eigenvalue weighted by atomic mass is 10.2. The monoisotopic (exact) mass is 438 g/mol. The van der Waals surface area contributed by atoms with Crippen molar-refractivity contribution in [2.24, 2.45) is 5.84 Å². The van der Waals surface area contributed by atoms with Crippen LogP contribution < -0.4 is 32.5 Å². The number of nitrogens with one attached hydrogen (secondary N) is 2. The molecule has 0 spiro atoms. The molecule has 0 aliphatic rings. The summed E-state index contributed by atoms with van der Waals surface area (Å²) in [5.41, 5.74) is 4.01. The Kier molecular flexibility index (Phi) is 6.76. The van der Waals surface area contributed by atoms with Gasteiger partial charge in [0.15, 0.2) is 12.7 Å². The molecule has 0 heterocycles. The van der Waals surface area contributed by atoms with E-state index in [0.717, 1.165) is 21.4 Å².